The third-order valence-electron chi connectivity index (χ3n) is 3.02. The van der Waals surface area contributed by atoms with Gasteiger partial charge in [-0.15, -0.1) is 0 Å². The van der Waals surface area contributed by atoms with Crippen molar-refractivity contribution in [2.75, 3.05) is 0 Å². The molecule has 0 radical (unpaired) electrons. The second-order valence-electron chi connectivity index (χ2n) is 4.98. The van der Waals surface area contributed by atoms with Crippen LogP contribution in [0.3, 0.4) is 0 Å². The van der Waals surface area contributed by atoms with Crippen LogP contribution in [0, 0.1) is 0 Å². The van der Waals surface area contributed by atoms with E-state index in [1.54, 1.807) is 0 Å². The predicted octanol–water partition coefficient (Wildman–Crippen LogP) is 5.66. The van der Waals surface area contributed by atoms with E-state index < -0.39 is 5.97 Å². The van der Waals surface area contributed by atoms with Gasteiger partial charge < -0.3 is 5.11 Å². The molecule has 2 heteroatoms. The van der Waals surface area contributed by atoms with Gasteiger partial charge >= 0.3 is 5.97 Å². The third-order valence-corrected chi connectivity index (χ3v) is 3.02. The highest BCUT2D eigenvalue weighted by Gasteiger charge is 1.95. The maximum Gasteiger partial charge on any atom is 0.303 e. The molecule has 2 nitrogen and oxygen atoms in total. The Morgan fingerprint density at radius 3 is 2.10 bits per heavy atom. The highest BCUT2D eigenvalue weighted by Crippen LogP contribution is 2.06. The second kappa shape index (κ2) is 15.7. The van der Waals surface area contributed by atoms with Crippen LogP contribution in [0.25, 0.3) is 0 Å². The maximum atomic E-state index is 10.3. The molecule has 0 unspecified atom stereocenters. The Hall–Kier alpha value is -1.31. The Morgan fingerprint density at radius 2 is 1.40 bits per heavy atom. The molecule has 114 valence electrons. The van der Waals surface area contributed by atoms with E-state index in [0.29, 0.717) is 6.42 Å². The molecule has 0 saturated heterocycles. The largest absolute Gasteiger partial charge is 0.481 e. The van der Waals surface area contributed by atoms with Gasteiger partial charge in [0.05, 0.1) is 0 Å². The molecule has 0 atom stereocenters. The van der Waals surface area contributed by atoms with Crippen LogP contribution in [0.4, 0.5) is 0 Å². The van der Waals surface area contributed by atoms with Gasteiger partial charge in [-0.25, -0.2) is 0 Å². The van der Waals surface area contributed by atoms with Gasteiger partial charge in [0.15, 0.2) is 0 Å². The Balaban J connectivity index is 3.24. The summed E-state index contributed by atoms with van der Waals surface area (Å²) in [7, 11) is 0. The first-order valence-electron chi connectivity index (χ1n) is 7.94. The highest BCUT2D eigenvalue weighted by atomic mass is 16.4. The summed E-state index contributed by atoms with van der Waals surface area (Å²) in [4.78, 5) is 10.3. The number of hydrogen-bond donors (Lipinski definition) is 1. The molecule has 0 aliphatic rings. The van der Waals surface area contributed by atoms with Crippen molar-refractivity contribution in [2.45, 2.75) is 71.1 Å². The van der Waals surface area contributed by atoms with Gasteiger partial charge in [-0.2, -0.15) is 0 Å². The van der Waals surface area contributed by atoms with Crippen molar-refractivity contribution in [1.29, 1.82) is 0 Å². The molecule has 0 aromatic rings. The minimum atomic E-state index is -0.678. The summed E-state index contributed by atoms with van der Waals surface area (Å²) in [6, 6.07) is 0. The van der Waals surface area contributed by atoms with E-state index in [9.17, 15) is 4.79 Å². The summed E-state index contributed by atoms with van der Waals surface area (Å²) >= 11 is 0. The first-order chi connectivity index (χ1) is 9.77. The number of carboxylic acid groups (broad SMARTS) is 1. The summed E-state index contributed by atoms with van der Waals surface area (Å²) in [6.45, 7) is 2.15. The molecular formula is C18H30O2. The fourth-order valence-corrected chi connectivity index (χ4v) is 1.88. The van der Waals surface area contributed by atoms with E-state index >= 15 is 0 Å². The van der Waals surface area contributed by atoms with Crippen molar-refractivity contribution in [3.05, 3.63) is 36.5 Å². The van der Waals surface area contributed by atoms with Crippen LogP contribution < -0.4 is 0 Å². The molecule has 0 rings (SSSR count). The lowest BCUT2D eigenvalue weighted by atomic mass is 10.1. The fourth-order valence-electron chi connectivity index (χ4n) is 1.88. The molecule has 0 fully saturated rings. The molecular weight excluding hydrogens is 248 g/mol. The molecule has 0 heterocycles. The zero-order chi connectivity index (χ0) is 14.9. The van der Waals surface area contributed by atoms with E-state index in [4.69, 9.17) is 5.11 Å². The van der Waals surface area contributed by atoms with E-state index in [1.807, 2.05) is 0 Å². The smallest absolute Gasteiger partial charge is 0.303 e. The van der Waals surface area contributed by atoms with Crippen LogP contribution in [0.1, 0.15) is 71.1 Å². The Morgan fingerprint density at radius 1 is 0.800 bits per heavy atom. The number of carboxylic acids is 1. The number of carbonyl (C=O) groups is 1. The summed E-state index contributed by atoms with van der Waals surface area (Å²) < 4.78 is 0. The topological polar surface area (TPSA) is 37.3 Å². The van der Waals surface area contributed by atoms with Crippen molar-refractivity contribution in [2.24, 2.45) is 0 Å². The Labute approximate surface area is 124 Å². The molecule has 0 amide bonds. The zero-order valence-corrected chi connectivity index (χ0v) is 12.9. The molecule has 0 aromatic carbocycles. The van der Waals surface area contributed by atoms with Gasteiger partial charge in [-0.3, -0.25) is 4.79 Å². The second-order valence-corrected chi connectivity index (χ2v) is 4.98. The van der Waals surface area contributed by atoms with Crippen LogP contribution in [-0.4, -0.2) is 11.1 Å². The first-order valence-corrected chi connectivity index (χ1v) is 7.94. The summed E-state index contributed by atoms with van der Waals surface area (Å²) in [5.74, 6) is -0.678. The van der Waals surface area contributed by atoms with Crippen LogP contribution in [0.15, 0.2) is 36.5 Å². The van der Waals surface area contributed by atoms with E-state index in [-0.39, 0.29) is 0 Å². The third kappa shape index (κ3) is 16.7. The maximum absolute atomic E-state index is 10.3. The van der Waals surface area contributed by atoms with Gasteiger partial charge in [-0.1, -0.05) is 56.2 Å². The summed E-state index contributed by atoms with van der Waals surface area (Å²) in [5.41, 5.74) is 0. The van der Waals surface area contributed by atoms with Gasteiger partial charge in [-0.05, 0) is 44.9 Å². The monoisotopic (exact) mass is 278 g/mol. The van der Waals surface area contributed by atoms with Gasteiger partial charge in [0.1, 0.15) is 0 Å². The van der Waals surface area contributed by atoms with Crippen LogP contribution in [-0.2, 0) is 4.79 Å². The SMILES string of the molecule is CCC=CC/C=C\CC/C=C\CCCCCCC(=O)O. The zero-order valence-electron chi connectivity index (χ0n) is 12.9. The standard InChI is InChI=1S/C18H30O2/c1-2-3-4-5-6-7-8-9-10-11-12-13-14-15-16-17-18(19)20/h3-4,6-7,10-11H,2,5,8-9,12-17H2,1H3,(H,19,20)/b4-3?,7-6-,11-10-. The molecule has 1 N–H and O–H groups in total. The van der Waals surface area contributed by atoms with Crippen LogP contribution in [0.5, 0.6) is 0 Å². The quantitative estimate of drug-likeness (QED) is 0.348. The summed E-state index contributed by atoms with van der Waals surface area (Å²) in [5, 5.41) is 8.50. The molecule has 0 spiro atoms. The lowest BCUT2D eigenvalue weighted by molar-refractivity contribution is -0.137. The Bertz CT molecular complexity index is 301. The van der Waals surface area contributed by atoms with Crippen LogP contribution in [0.2, 0.25) is 0 Å². The van der Waals surface area contributed by atoms with Gasteiger partial charge in [0, 0.05) is 6.42 Å². The molecule has 20 heavy (non-hydrogen) atoms. The average Bonchev–Trinajstić information content (AvgIpc) is 2.43. The van der Waals surface area contributed by atoms with Crippen molar-refractivity contribution >= 4 is 5.97 Å². The van der Waals surface area contributed by atoms with E-state index in [1.165, 1.54) is 6.42 Å². The van der Waals surface area contributed by atoms with Crippen molar-refractivity contribution < 1.29 is 9.90 Å². The minimum absolute atomic E-state index is 0.315. The number of aliphatic carboxylic acids is 1. The first kappa shape index (κ1) is 18.7. The minimum Gasteiger partial charge on any atom is -0.481 e. The fraction of sp³-hybridized carbons (Fsp3) is 0.611. The lowest BCUT2D eigenvalue weighted by Gasteiger charge is -1.96. The van der Waals surface area contributed by atoms with Crippen molar-refractivity contribution in [1.82, 2.24) is 0 Å². The molecule has 0 aliphatic carbocycles. The molecule has 0 aliphatic heterocycles. The predicted molar refractivity (Wildman–Crippen MR) is 86.9 cm³/mol. The molecule has 0 bridgehead atoms. The van der Waals surface area contributed by atoms with Gasteiger partial charge in [0.2, 0.25) is 0 Å². The number of hydrogen-bond acceptors (Lipinski definition) is 1. The number of unbranched alkanes of at least 4 members (excludes halogenated alkanes) is 5. The van der Waals surface area contributed by atoms with Crippen molar-refractivity contribution in [3.8, 4) is 0 Å². The highest BCUT2D eigenvalue weighted by molar-refractivity contribution is 5.66. The average molecular weight is 278 g/mol. The van der Waals surface area contributed by atoms with Crippen molar-refractivity contribution in [3.63, 3.8) is 0 Å². The molecule has 0 aromatic heterocycles. The lowest BCUT2D eigenvalue weighted by Crippen LogP contribution is -1.93. The number of rotatable bonds is 13. The normalized spacial score (nSPS) is 12.1. The van der Waals surface area contributed by atoms with E-state index in [0.717, 1.165) is 51.4 Å². The van der Waals surface area contributed by atoms with Crippen LogP contribution >= 0.6 is 0 Å². The number of allylic oxidation sites excluding steroid dienone is 6. The Kier molecular flexibility index (Phi) is 14.7. The molecule has 0 saturated carbocycles. The summed E-state index contributed by atoms with van der Waals surface area (Å²) in [6.07, 6.45) is 23.4. The van der Waals surface area contributed by atoms with E-state index in [2.05, 4.69) is 43.4 Å². The van der Waals surface area contributed by atoms with Gasteiger partial charge in [0.25, 0.3) is 0 Å².